The van der Waals surface area contributed by atoms with Crippen molar-refractivity contribution in [2.24, 2.45) is 5.73 Å². The van der Waals surface area contributed by atoms with Crippen LogP contribution in [0.2, 0.25) is 0 Å². The predicted octanol–water partition coefficient (Wildman–Crippen LogP) is 0.931. The molecule has 120 valence electrons. The summed E-state index contributed by atoms with van der Waals surface area (Å²) in [7, 11) is 0. The number of amides is 2. The number of nitrogens with zero attached hydrogens (tertiary/aromatic N) is 1. The zero-order valence-corrected chi connectivity index (χ0v) is 12.6. The van der Waals surface area contributed by atoms with Crippen LogP contribution >= 0.6 is 0 Å². The summed E-state index contributed by atoms with van der Waals surface area (Å²) >= 11 is 0. The lowest BCUT2D eigenvalue weighted by atomic mass is 10.1. The van der Waals surface area contributed by atoms with Gasteiger partial charge in [0.15, 0.2) is 12.7 Å². The lowest BCUT2D eigenvalue weighted by molar-refractivity contribution is -0.146. The van der Waals surface area contributed by atoms with Crippen molar-refractivity contribution in [2.45, 2.75) is 6.10 Å². The van der Waals surface area contributed by atoms with Crippen LogP contribution < -0.4 is 10.5 Å². The van der Waals surface area contributed by atoms with Gasteiger partial charge < -0.3 is 20.1 Å². The van der Waals surface area contributed by atoms with E-state index in [9.17, 15) is 9.59 Å². The van der Waals surface area contributed by atoms with Crippen molar-refractivity contribution in [1.29, 1.82) is 0 Å². The normalized spacial score (nSPS) is 17.9. The molecule has 1 fully saturated rings. The first-order chi connectivity index (χ1) is 11.1. The molecule has 0 aliphatic carbocycles. The molecular formula is C17H18N2O4. The van der Waals surface area contributed by atoms with E-state index in [0.717, 1.165) is 10.8 Å². The van der Waals surface area contributed by atoms with Gasteiger partial charge in [0.1, 0.15) is 5.75 Å². The molecule has 23 heavy (non-hydrogen) atoms. The minimum atomic E-state index is -0.742. The summed E-state index contributed by atoms with van der Waals surface area (Å²) < 4.78 is 10.8. The topological polar surface area (TPSA) is 81.9 Å². The Morgan fingerprint density at radius 1 is 1.22 bits per heavy atom. The zero-order chi connectivity index (χ0) is 16.2. The Balaban J connectivity index is 1.60. The number of morpholine rings is 1. The highest BCUT2D eigenvalue weighted by Crippen LogP contribution is 2.20. The van der Waals surface area contributed by atoms with Crippen molar-refractivity contribution >= 4 is 22.6 Å². The van der Waals surface area contributed by atoms with Gasteiger partial charge in [0.25, 0.3) is 5.91 Å². The number of fused-ring (bicyclic) bond motifs is 1. The molecule has 0 saturated carbocycles. The number of carbonyl (C=O) groups excluding carboxylic acids is 2. The number of carbonyl (C=O) groups is 2. The highest BCUT2D eigenvalue weighted by Gasteiger charge is 2.27. The number of nitrogens with two attached hydrogens (primary N) is 1. The van der Waals surface area contributed by atoms with E-state index in [1.807, 2.05) is 42.5 Å². The van der Waals surface area contributed by atoms with E-state index < -0.39 is 12.0 Å². The second-order valence-electron chi connectivity index (χ2n) is 5.40. The Kier molecular flexibility index (Phi) is 4.43. The number of rotatable bonds is 4. The van der Waals surface area contributed by atoms with Crippen LogP contribution in [0.25, 0.3) is 10.8 Å². The maximum atomic E-state index is 12.2. The minimum Gasteiger partial charge on any atom is -0.484 e. The van der Waals surface area contributed by atoms with Gasteiger partial charge in [-0.25, -0.2) is 0 Å². The van der Waals surface area contributed by atoms with Crippen LogP contribution in [0, 0.1) is 0 Å². The third kappa shape index (κ3) is 3.60. The molecule has 2 aromatic rings. The molecule has 1 aliphatic heterocycles. The number of benzene rings is 2. The quantitative estimate of drug-likeness (QED) is 0.910. The second-order valence-corrected chi connectivity index (χ2v) is 5.40. The number of hydrogen-bond acceptors (Lipinski definition) is 4. The van der Waals surface area contributed by atoms with Crippen LogP contribution in [0.1, 0.15) is 0 Å². The van der Waals surface area contributed by atoms with Gasteiger partial charge in [0.05, 0.1) is 13.2 Å². The smallest absolute Gasteiger partial charge is 0.260 e. The van der Waals surface area contributed by atoms with Crippen LogP contribution in [0.4, 0.5) is 0 Å². The summed E-state index contributed by atoms with van der Waals surface area (Å²) in [5, 5.41) is 2.17. The SMILES string of the molecule is NC(=O)[C@@H]1CN(C(=O)COc2ccc3ccccc3c2)CCO1. The molecule has 2 amide bonds. The Hall–Kier alpha value is -2.60. The Bertz CT molecular complexity index is 731. The van der Waals surface area contributed by atoms with Gasteiger partial charge in [-0.1, -0.05) is 30.3 Å². The van der Waals surface area contributed by atoms with E-state index in [0.29, 0.717) is 18.9 Å². The molecule has 1 heterocycles. The fourth-order valence-corrected chi connectivity index (χ4v) is 2.54. The molecule has 2 aromatic carbocycles. The molecule has 2 N–H and O–H groups in total. The molecule has 3 rings (SSSR count). The van der Waals surface area contributed by atoms with Gasteiger partial charge in [-0.2, -0.15) is 0 Å². The summed E-state index contributed by atoms with van der Waals surface area (Å²) in [5.41, 5.74) is 5.21. The standard InChI is InChI=1S/C17H18N2O4/c18-17(21)15-10-19(7-8-22-15)16(20)11-23-14-6-5-12-3-1-2-4-13(12)9-14/h1-6,9,15H,7-8,10-11H2,(H2,18,21)/t15-/m0/s1. The summed E-state index contributed by atoms with van der Waals surface area (Å²) in [6.45, 7) is 0.831. The summed E-state index contributed by atoms with van der Waals surface area (Å²) in [4.78, 5) is 24.9. The van der Waals surface area contributed by atoms with E-state index >= 15 is 0 Å². The molecule has 0 unspecified atom stereocenters. The number of hydrogen-bond donors (Lipinski definition) is 1. The van der Waals surface area contributed by atoms with Crippen LogP contribution in [0.5, 0.6) is 5.75 Å². The maximum Gasteiger partial charge on any atom is 0.260 e. The Labute approximate surface area is 133 Å². The third-order valence-corrected chi connectivity index (χ3v) is 3.82. The van der Waals surface area contributed by atoms with E-state index in [1.54, 1.807) is 4.90 Å². The van der Waals surface area contributed by atoms with Gasteiger partial charge >= 0.3 is 0 Å². The second kappa shape index (κ2) is 6.66. The molecule has 0 bridgehead atoms. The molecule has 0 radical (unpaired) electrons. The van der Waals surface area contributed by atoms with Crippen molar-refractivity contribution < 1.29 is 19.1 Å². The van der Waals surface area contributed by atoms with Gasteiger partial charge in [0.2, 0.25) is 5.91 Å². The first-order valence-corrected chi connectivity index (χ1v) is 7.44. The van der Waals surface area contributed by atoms with Crippen molar-refractivity contribution in [1.82, 2.24) is 4.90 Å². The molecule has 0 aromatic heterocycles. The highest BCUT2D eigenvalue weighted by molar-refractivity contribution is 5.84. The van der Waals surface area contributed by atoms with Crippen LogP contribution in [-0.4, -0.2) is 49.1 Å². The van der Waals surface area contributed by atoms with E-state index in [4.69, 9.17) is 15.2 Å². The molecule has 0 spiro atoms. The van der Waals surface area contributed by atoms with Crippen molar-refractivity contribution in [3.63, 3.8) is 0 Å². The Morgan fingerprint density at radius 3 is 2.78 bits per heavy atom. The fourth-order valence-electron chi connectivity index (χ4n) is 2.54. The largest absolute Gasteiger partial charge is 0.484 e. The van der Waals surface area contributed by atoms with Crippen molar-refractivity contribution in [3.05, 3.63) is 42.5 Å². The predicted molar refractivity (Wildman–Crippen MR) is 85.0 cm³/mol. The van der Waals surface area contributed by atoms with Gasteiger partial charge in [0, 0.05) is 6.54 Å². The van der Waals surface area contributed by atoms with Gasteiger partial charge in [-0.15, -0.1) is 0 Å². The molecule has 6 heteroatoms. The third-order valence-electron chi connectivity index (χ3n) is 3.82. The lowest BCUT2D eigenvalue weighted by Crippen LogP contribution is -2.51. The molecular weight excluding hydrogens is 296 g/mol. The minimum absolute atomic E-state index is 0.0795. The van der Waals surface area contributed by atoms with E-state index in [1.165, 1.54) is 0 Å². The zero-order valence-electron chi connectivity index (χ0n) is 12.6. The van der Waals surface area contributed by atoms with E-state index in [2.05, 4.69) is 0 Å². The molecule has 1 atom stereocenters. The first kappa shape index (κ1) is 15.3. The maximum absolute atomic E-state index is 12.2. The summed E-state index contributed by atoms with van der Waals surface area (Å²) in [6, 6.07) is 13.6. The molecule has 6 nitrogen and oxygen atoms in total. The molecule has 1 saturated heterocycles. The van der Waals surface area contributed by atoms with Crippen molar-refractivity contribution in [3.8, 4) is 5.75 Å². The number of ether oxygens (including phenoxy) is 2. The average Bonchev–Trinajstić information content (AvgIpc) is 2.59. The van der Waals surface area contributed by atoms with E-state index in [-0.39, 0.29) is 19.1 Å². The summed E-state index contributed by atoms with van der Waals surface area (Å²) in [5.74, 6) is -0.109. The Morgan fingerprint density at radius 2 is 2.00 bits per heavy atom. The van der Waals surface area contributed by atoms with Crippen LogP contribution in [0.3, 0.4) is 0 Å². The highest BCUT2D eigenvalue weighted by atomic mass is 16.5. The fraction of sp³-hybridized carbons (Fsp3) is 0.294. The van der Waals surface area contributed by atoms with Crippen LogP contribution in [-0.2, 0) is 14.3 Å². The van der Waals surface area contributed by atoms with Crippen molar-refractivity contribution in [2.75, 3.05) is 26.3 Å². The summed E-state index contributed by atoms with van der Waals surface area (Å²) in [6.07, 6.45) is -0.742. The van der Waals surface area contributed by atoms with Gasteiger partial charge in [-0.3, -0.25) is 9.59 Å². The first-order valence-electron chi connectivity index (χ1n) is 7.44. The average molecular weight is 314 g/mol. The van der Waals surface area contributed by atoms with Gasteiger partial charge in [-0.05, 0) is 22.9 Å². The number of primary amides is 1. The molecule has 1 aliphatic rings. The van der Waals surface area contributed by atoms with Crippen LogP contribution in [0.15, 0.2) is 42.5 Å². The lowest BCUT2D eigenvalue weighted by Gasteiger charge is -2.31. The monoisotopic (exact) mass is 314 g/mol.